The summed E-state index contributed by atoms with van der Waals surface area (Å²) < 4.78 is 36.7. The Balaban J connectivity index is 1.93. The summed E-state index contributed by atoms with van der Waals surface area (Å²) in [7, 11) is 1.30. The third kappa shape index (κ3) is 5.74. The van der Waals surface area contributed by atoms with Crippen molar-refractivity contribution in [1.29, 1.82) is 5.26 Å². The van der Waals surface area contributed by atoms with Crippen molar-refractivity contribution < 1.29 is 28.2 Å². The third-order valence-corrected chi connectivity index (χ3v) is 7.97. The van der Waals surface area contributed by atoms with Crippen molar-refractivity contribution in [3.63, 3.8) is 0 Å². The SMILES string of the molecule is COc1cc(NC(=O)N2CC(CC(C)(C)C)C(C#N)(c3ccc(Cl)cc3F)C2c2cccc(Cl)c2F)ccc1C(=O)O. The highest BCUT2D eigenvalue weighted by molar-refractivity contribution is 6.31. The Labute approximate surface area is 252 Å². The van der Waals surface area contributed by atoms with E-state index in [1.807, 2.05) is 20.8 Å². The standard InChI is InChI=1S/C31H29Cl2F2N3O4/c1-30(2,3)14-17-15-38(29(41)37-19-9-10-20(28(39)40)25(13-19)42-4)27(21-6-5-7-23(33)26(21)35)31(17,16-36)22-11-8-18(32)12-24(22)34/h5-13,17,27H,14-15H2,1-4H3,(H,37,41)(H,39,40). The van der Waals surface area contributed by atoms with Crippen LogP contribution in [0.5, 0.6) is 5.75 Å². The van der Waals surface area contributed by atoms with Crippen molar-refractivity contribution in [3.8, 4) is 11.8 Å². The lowest BCUT2D eigenvalue weighted by atomic mass is 9.63. The van der Waals surface area contributed by atoms with Gasteiger partial charge in [0.25, 0.3) is 0 Å². The van der Waals surface area contributed by atoms with Crippen LogP contribution in [0.1, 0.15) is 54.7 Å². The van der Waals surface area contributed by atoms with Crippen molar-refractivity contribution in [2.45, 2.75) is 38.6 Å². The Morgan fingerprint density at radius 3 is 2.48 bits per heavy atom. The fraction of sp³-hybridized carbons (Fsp3) is 0.323. The highest BCUT2D eigenvalue weighted by atomic mass is 35.5. The van der Waals surface area contributed by atoms with E-state index in [1.165, 1.54) is 60.5 Å². The summed E-state index contributed by atoms with van der Waals surface area (Å²) in [6.45, 7) is 5.85. The van der Waals surface area contributed by atoms with Crippen LogP contribution in [0.2, 0.25) is 10.0 Å². The first kappa shape index (κ1) is 31.1. The first-order chi connectivity index (χ1) is 19.7. The van der Waals surface area contributed by atoms with Crippen molar-refractivity contribution in [2.75, 3.05) is 19.0 Å². The molecule has 1 fully saturated rings. The molecule has 1 heterocycles. The highest BCUT2D eigenvalue weighted by Crippen LogP contribution is 2.56. The number of halogens is 4. The smallest absolute Gasteiger partial charge is 0.339 e. The van der Waals surface area contributed by atoms with Crippen LogP contribution < -0.4 is 10.1 Å². The zero-order valence-corrected chi connectivity index (χ0v) is 24.9. The van der Waals surface area contributed by atoms with Crippen LogP contribution in [-0.4, -0.2) is 35.7 Å². The Hall–Kier alpha value is -3.87. The Kier molecular flexibility index (Phi) is 8.72. The van der Waals surface area contributed by atoms with Gasteiger partial charge < -0.3 is 20.1 Å². The predicted octanol–water partition coefficient (Wildman–Crippen LogP) is 8.08. The van der Waals surface area contributed by atoms with E-state index >= 15 is 8.78 Å². The molecule has 42 heavy (non-hydrogen) atoms. The lowest BCUT2D eigenvalue weighted by Gasteiger charge is -2.38. The van der Waals surface area contributed by atoms with Gasteiger partial charge in [-0.25, -0.2) is 18.4 Å². The van der Waals surface area contributed by atoms with E-state index in [-0.39, 0.29) is 50.1 Å². The molecule has 0 spiro atoms. The molecule has 0 aliphatic carbocycles. The predicted molar refractivity (Wildman–Crippen MR) is 156 cm³/mol. The molecule has 7 nitrogen and oxygen atoms in total. The van der Waals surface area contributed by atoms with Gasteiger partial charge >= 0.3 is 12.0 Å². The van der Waals surface area contributed by atoms with Gasteiger partial charge in [0.05, 0.1) is 24.2 Å². The van der Waals surface area contributed by atoms with Gasteiger partial charge in [0.1, 0.15) is 28.4 Å². The van der Waals surface area contributed by atoms with Crippen LogP contribution in [0, 0.1) is 34.3 Å². The minimum atomic E-state index is -1.74. The quantitative estimate of drug-likeness (QED) is 0.292. The maximum Gasteiger partial charge on any atom is 0.339 e. The molecule has 0 saturated carbocycles. The summed E-state index contributed by atoms with van der Waals surface area (Å²) in [6.07, 6.45) is 0.381. The van der Waals surface area contributed by atoms with E-state index in [1.54, 1.807) is 0 Å². The minimum Gasteiger partial charge on any atom is -0.496 e. The first-order valence-electron chi connectivity index (χ1n) is 13.0. The Morgan fingerprint density at radius 1 is 1.17 bits per heavy atom. The summed E-state index contributed by atoms with van der Waals surface area (Å²) in [5.74, 6) is -3.43. The van der Waals surface area contributed by atoms with E-state index in [9.17, 15) is 20.0 Å². The number of carbonyl (C=O) groups is 2. The van der Waals surface area contributed by atoms with E-state index in [0.717, 1.165) is 6.07 Å². The molecule has 3 aromatic carbocycles. The number of benzene rings is 3. The lowest BCUT2D eigenvalue weighted by Crippen LogP contribution is -2.42. The molecule has 1 aliphatic heterocycles. The lowest BCUT2D eigenvalue weighted by molar-refractivity contribution is 0.0693. The van der Waals surface area contributed by atoms with Crippen LogP contribution >= 0.6 is 23.2 Å². The van der Waals surface area contributed by atoms with Crippen LogP contribution in [0.15, 0.2) is 54.6 Å². The van der Waals surface area contributed by atoms with Gasteiger partial charge in [-0.2, -0.15) is 5.26 Å². The normalized spacial score (nSPS) is 20.2. The van der Waals surface area contributed by atoms with Crippen molar-refractivity contribution in [3.05, 3.63) is 93.0 Å². The van der Waals surface area contributed by atoms with Gasteiger partial charge in [0.2, 0.25) is 0 Å². The average Bonchev–Trinajstić information content (AvgIpc) is 3.23. The number of anilines is 1. The van der Waals surface area contributed by atoms with E-state index in [2.05, 4.69) is 11.4 Å². The van der Waals surface area contributed by atoms with Gasteiger partial charge in [-0.15, -0.1) is 0 Å². The average molecular weight is 616 g/mol. The fourth-order valence-corrected chi connectivity index (χ4v) is 6.15. The second-order valence-corrected chi connectivity index (χ2v) is 12.3. The van der Waals surface area contributed by atoms with Gasteiger partial charge in [-0.3, -0.25) is 0 Å². The number of urea groups is 1. The summed E-state index contributed by atoms with van der Waals surface area (Å²) in [6, 6.07) is 12.5. The van der Waals surface area contributed by atoms with Gasteiger partial charge in [0.15, 0.2) is 0 Å². The number of nitrogens with zero attached hydrogens (tertiary/aromatic N) is 2. The molecule has 0 radical (unpaired) electrons. The molecule has 220 valence electrons. The number of hydrogen-bond donors (Lipinski definition) is 2. The van der Waals surface area contributed by atoms with Crippen molar-refractivity contribution >= 4 is 40.9 Å². The summed E-state index contributed by atoms with van der Waals surface area (Å²) in [5.41, 5.74) is -2.08. The Morgan fingerprint density at radius 2 is 1.88 bits per heavy atom. The fourth-order valence-electron chi connectivity index (χ4n) is 5.81. The molecule has 11 heteroatoms. The molecule has 1 saturated heterocycles. The molecular weight excluding hydrogens is 587 g/mol. The topological polar surface area (TPSA) is 103 Å². The number of carboxylic acid groups (broad SMARTS) is 1. The molecule has 0 bridgehead atoms. The number of carbonyl (C=O) groups excluding carboxylic acids is 1. The number of nitriles is 1. The van der Waals surface area contributed by atoms with Crippen LogP contribution in [-0.2, 0) is 5.41 Å². The number of amides is 2. The van der Waals surface area contributed by atoms with E-state index < -0.39 is 41.0 Å². The number of carboxylic acids is 1. The summed E-state index contributed by atoms with van der Waals surface area (Å²) in [5, 5.41) is 23.0. The highest BCUT2D eigenvalue weighted by Gasteiger charge is 2.60. The molecule has 2 N–H and O–H groups in total. The van der Waals surface area contributed by atoms with Crippen LogP contribution in [0.3, 0.4) is 0 Å². The zero-order chi connectivity index (χ0) is 31.0. The molecular formula is C31H29Cl2F2N3O4. The van der Waals surface area contributed by atoms with Crippen molar-refractivity contribution in [2.24, 2.45) is 11.3 Å². The second kappa shape index (κ2) is 11.8. The number of hydrogen-bond acceptors (Lipinski definition) is 4. The molecule has 1 aliphatic rings. The number of likely N-dealkylation sites (tertiary alicyclic amines) is 1. The summed E-state index contributed by atoms with van der Waals surface area (Å²) in [4.78, 5) is 26.8. The number of nitrogens with one attached hydrogen (secondary N) is 1. The number of ether oxygens (including phenoxy) is 1. The molecule has 4 rings (SSSR count). The molecule has 2 amide bonds. The second-order valence-electron chi connectivity index (χ2n) is 11.4. The maximum absolute atomic E-state index is 15.8. The number of aromatic carboxylic acids is 1. The van der Waals surface area contributed by atoms with Crippen molar-refractivity contribution in [1.82, 2.24) is 4.90 Å². The summed E-state index contributed by atoms with van der Waals surface area (Å²) >= 11 is 12.2. The largest absolute Gasteiger partial charge is 0.496 e. The van der Waals surface area contributed by atoms with Gasteiger partial charge in [0, 0.05) is 40.4 Å². The molecule has 3 atom stereocenters. The molecule has 3 aromatic rings. The minimum absolute atomic E-state index is 0.0133. The first-order valence-corrected chi connectivity index (χ1v) is 13.8. The monoisotopic (exact) mass is 615 g/mol. The van der Waals surface area contributed by atoms with Crippen LogP contribution in [0.25, 0.3) is 0 Å². The third-order valence-electron chi connectivity index (χ3n) is 7.44. The zero-order valence-electron chi connectivity index (χ0n) is 23.3. The van der Waals surface area contributed by atoms with Gasteiger partial charge in [-0.1, -0.05) is 62.2 Å². The maximum atomic E-state index is 15.8. The molecule has 3 unspecified atom stereocenters. The van der Waals surface area contributed by atoms with Crippen LogP contribution in [0.4, 0.5) is 19.3 Å². The van der Waals surface area contributed by atoms with E-state index in [0.29, 0.717) is 6.42 Å². The van der Waals surface area contributed by atoms with Gasteiger partial charge in [-0.05, 0) is 42.2 Å². The Bertz CT molecular complexity index is 1590. The molecule has 0 aromatic heterocycles. The van der Waals surface area contributed by atoms with E-state index in [4.69, 9.17) is 27.9 Å². The number of rotatable bonds is 6. The number of methoxy groups -OCH3 is 1.